The summed E-state index contributed by atoms with van der Waals surface area (Å²) in [5, 5.41) is 2.92. The molecule has 0 unspecified atom stereocenters. The van der Waals surface area contributed by atoms with E-state index in [1.165, 1.54) is 7.11 Å². The molecule has 1 N–H and O–H groups in total. The molecule has 6 heteroatoms. The zero-order valence-electron chi connectivity index (χ0n) is 17.5. The fraction of sp³-hybridized carbons (Fsp3) is 0.333. The maximum Gasteiger partial charge on any atom is 0.211 e. The van der Waals surface area contributed by atoms with Crippen molar-refractivity contribution < 1.29 is 19.1 Å². The van der Waals surface area contributed by atoms with Crippen molar-refractivity contribution in [2.24, 2.45) is 0 Å². The van der Waals surface area contributed by atoms with Crippen LogP contribution < -0.4 is 14.8 Å². The minimum atomic E-state index is -0.333. The predicted molar refractivity (Wildman–Crippen MR) is 117 cm³/mol. The Bertz CT molecular complexity index is 1100. The van der Waals surface area contributed by atoms with Gasteiger partial charge in [0.2, 0.25) is 11.6 Å². The molecule has 2 aromatic carbocycles. The van der Waals surface area contributed by atoms with Gasteiger partial charge in [-0.25, -0.2) is 0 Å². The first-order chi connectivity index (χ1) is 14.3. The first kappa shape index (κ1) is 20.5. The van der Waals surface area contributed by atoms with Crippen LogP contribution in [0.2, 0.25) is 0 Å². The van der Waals surface area contributed by atoms with Gasteiger partial charge in [0, 0.05) is 22.9 Å². The third-order valence-corrected chi connectivity index (χ3v) is 6.37. The Labute approximate surface area is 181 Å². The summed E-state index contributed by atoms with van der Waals surface area (Å²) in [5.41, 5.74) is 3.68. The van der Waals surface area contributed by atoms with Crippen LogP contribution in [0.1, 0.15) is 58.5 Å². The molecule has 156 valence electrons. The molecule has 0 aromatic heterocycles. The zero-order valence-corrected chi connectivity index (χ0v) is 18.3. The number of aryl methyl sites for hydroxylation is 1. The molecule has 5 nitrogen and oxygen atoms in total. The number of benzene rings is 2. The Morgan fingerprint density at radius 2 is 1.67 bits per heavy atom. The Hall–Kier alpha value is -2.79. The van der Waals surface area contributed by atoms with Gasteiger partial charge < -0.3 is 14.8 Å². The molecule has 30 heavy (non-hydrogen) atoms. The molecule has 0 spiro atoms. The van der Waals surface area contributed by atoms with Crippen molar-refractivity contribution in [3.8, 4) is 11.5 Å². The van der Waals surface area contributed by atoms with Gasteiger partial charge >= 0.3 is 0 Å². The monoisotopic (exact) mass is 425 g/mol. The van der Waals surface area contributed by atoms with E-state index in [0.29, 0.717) is 28.3 Å². The minimum absolute atomic E-state index is 0.0339. The van der Waals surface area contributed by atoms with Crippen molar-refractivity contribution in [2.75, 3.05) is 19.5 Å². The van der Waals surface area contributed by atoms with E-state index < -0.39 is 0 Å². The number of Topliss-reactive ketones (excluding diaryl/α,β-unsaturated/α-hetero) is 2. The molecule has 0 fully saturated rings. The number of ketones is 2. The van der Waals surface area contributed by atoms with Crippen molar-refractivity contribution in [2.45, 2.75) is 38.5 Å². The number of carbonyl (C=O) groups is 2. The Morgan fingerprint density at radius 1 is 0.967 bits per heavy atom. The molecule has 0 saturated heterocycles. The summed E-state index contributed by atoms with van der Waals surface area (Å²) in [6.07, 6.45) is 3.02. The lowest BCUT2D eigenvalue weighted by atomic mass is 9.71. The Balaban J connectivity index is 1.76. The van der Waals surface area contributed by atoms with E-state index in [9.17, 15) is 9.59 Å². The highest BCUT2D eigenvalue weighted by Crippen LogP contribution is 2.41. The number of nitrogens with one attached hydrogen (secondary N) is 1. The van der Waals surface area contributed by atoms with Gasteiger partial charge in [0.25, 0.3) is 0 Å². The van der Waals surface area contributed by atoms with E-state index >= 15 is 0 Å². The first-order valence-electron chi connectivity index (χ1n) is 9.92. The molecule has 0 aliphatic heterocycles. The molecule has 0 bridgehead atoms. The van der Waals surface area contributed by atoms with Crippen molar-refractivity contribution in [1.82, 2.24) is 0 Å². The van der Waals surface area contributed by atoms with Crippen molar-refractivity contribution in [3.63, 3.8) is 0 Å². The van der Waals surface area contributed by atoms with Crippen LogP contribution in [0, 0.1) is 0 Å². The van der Waals surface area contributed by atoms with Crippen LogP contribution in [0.4, 0.5) is 5.69 Å². The van der Waals surface area contributed by atoms with Gasteiger partial charge in [-0.05, 0) is 60.1 Å². The first-order valence-corrected chi connectivity index (χ1v) is 10.3. The topological polar surface area (TPSA) is 64.6 Å². The number of ether oxygens (including phenoxy) is 2. The third kappa shape index (κ3) is 3.27. The van der Waals surface area contributed by atoms with E-state index in [2.05, 4.69) is 19.2 Å². The summed E-state index contributed by atoms with van der Waals surface area (Å²) in [6, 6.07) is 8.91. The second-order valence-corrected chi connectivity index (χ2v) is 8.71. The van der Waals surface area contributed by atoms with Gasteiger partial charge in [-0.1, -0.05) is 25.4 Å². The molecule has 0 atom stereocenters. The molecule has 4 rings (SSSR count). The van der Waals surface area contributed by atoms with Gasteiger partial charge in [-0.2, -0.15) is 0 Å². The van der Waals surface area contributed by atoms with Gasteiger partial charge in [0.05, 0.1) is 14.2 Å². The summed E-state index contributed by atoms with van der Waals surface area (Å²) < 4.78 is 10.6. The van der Waals surface area contributed by atoms with Crippen LogP contribution >= 0.6 is 11.6 Å². The van der Waals surface area contributed by atoms with Crippen molar-refractivity contribution in [1.29, 1.82) is 0 Å². The number of hydrogen-bond donors (Lipinski definition) is 1. The Morgan fingerprint density at radius 3 is 2.37 bits per heavy atom. The van der Waals surface area contributed by atoms with Gasteiger partial charge in [0.15, 0.2) is 11.5 Å². The molecule has 0 heterocycles. The lowest BCUT2D eigenvalue weighted by molar-refractivity contribution is 0.0981. The molecular weight excluding hydrogens is 402 g/mol. The van der Waals surface area contributed by atoms with Gasteiger partial charge in [0.1, 0.15) is 10.7 Å². The summed E-state index contributed by atoms with van der Waals surface area (Å²) in [6.45, 7) is 4.36. The standard InChI is InChI=1S/C24H24ClNO4/c1-24(2)9-5-6-13-10-15-16(12-17(13)24)23(28)21(20(25)22(15)27)26-14-7-8-18(29-3)19(11-14)30-4/h7-8,10-12,26H,5-6,9H2,1-4H3. The van der Waals surface area contributed by atoms with Crippen molar-refractivity contribution >= 4 is 28.9 Å². The quantitative estimate of drug-likeness (QED) is 0.723. The SMILES string of the molecule is COc1ccc(NC2=C(Cl)C(=O)c3cc4c(cc3C2=O)C(C)(C)CCC4)cc1OC. The lowest BCUT2D eigenvalue weighted by Crippen LogP contribution is -2.29. The highest BCUT2D eigenvalue weighted by molar-refractivity contribution is 6.50. The van der Waals surface area contributed by atoms with Crippen molar-refractivity contribution in [3.05, 3.63) is 63.3 Å². The smallest absolute Gasteiger partial charge is 0.211 e. The predicted octanol–water partition coefficient (Wildman–Crippen LogP) is 5.26. The fourth-order valence-electron chi connectivity index (χ4n) is 4.35. The van der Waals surface area contributed by atoms with E-state index in [4.69, 9.17) is 21.1 Å². The summed E-state index contributed by atoms with van der Waals surface area (Å²) in [7, 11) is 3.08. The maximum absolute atomic E-state index is 13.3. The zero-order chi connectivity index (χ0) is 21.6. The summed E-state index contributed by atoms with van der Waals surface area (Å²) >= 11 is 6.37. The number of fused-ring (bicyclic) bond motifs is 2. The lowest BCUT2D eigenvalue weighted by Gasteiger charge is -2.34. The number of anilines is 1. The average molecular weight is 426 g/mol. The van der Waals surface area contributed by atoms with Crippen LogP contribution in [-0.4, -0.2) is 25.8 Å². The second kappa shape index (κ2) is 7.47. The normalized spacial score (nSPS) is 17.4. The molecule has 0 saturated carbocycles. The van der Waals surface area contributed by atoms with Crippen LogP contribution in [0.15, 0.2) is 41.1 Å². The van der Waals surface area contributed by atoms with Crippen LogP contribution in [0.5, 0.6) is 11.5 Å². The number of carbonyl (C=O) groups excluding carboxylic acids is 2. The minimum Gasteiger partial charge on any atom is -0.493 e. The Kier molecular flexibility index (Phi) is 5.10. The number of rotatable bonds is 4. The summed E-state index contributed by atoms with van der Waals surface area (Å²) in [5.74, 6) is 0.451. The number of allylic oxidation sites excluding steroid dienone is 2. The molecule has 2 aliphatic carbocycles. The van der Waals surface area contributed by atoms with Gasteiger partial charge in [-0.15, -0.1) is 0 Å². The van der Waals surface area contributed by atoms with Crippen LogP contribution in [0.3, 0.4) is 0 Å². The van der Waals surface area contributed by atoms with Gasteiger partial charge in [-0.3, -0.25) is 9.59 Å². The second-order valence-electron chi connectivity index (χ2n) is 8.33. The maximum atomic E-state index is 13.3. The molecule has 2 aliphatic rings. The highest BCUT2D eigenvalue weighted by Gasteiger charge is 2.36. The van der Waals surface area contributed by atoms with Crippen LogP contribution in [-0.2, 0) is 11.8 Å². The average Bonchev–Trinajstić information content (AvgIpc) is 2.74. The molecule has 0 amide bonds. The van der Waals surface area contributed by atoms with E-state index in [1.807, 2.05) is 12.1 Å². The van der Waals surface area contributed by atoms with E-state index in [0.717, 1.165) is 30.4 Å². The fourth-order valence-corrected chi connectivity index (χ4v) is 4.58. The third-order valence-electron chi connectivity index (χ3n) is 6.01. The highest BCUT2D eigenvalue weighted by atomic mass is 35.5. The largest absolute Gasteiger partial charge is 0.493 e. The molecular formula is C24H24ClNO4. The molecule has 2 aromatic rings. The number of halogens is 1. The number of hydrogen-bond acceptors (Lipinski definition) is 5. The van der Waals surface area contributed by atoms with Crippen LogP contribution in [0.25, 0.3) is 0 Å². The summed E-state index contributed by atoms with van der Waals surface area (Å²) in [4.78, 5) is 26.3. The van der Waals surface area contributed by atoms with E-state index in [1.54, 1.807) is 25.3 Å². The molecule has 0 radical (unpaired) electrons. The van der Waals surface area contributed by atoms with E-state index in [-0.39, 0.29) is 27.7 Å². The number of methoxy groups -OCH3 is 2.